The first kappa shape index (κ1) is 16.7. The van der Waals surface area contributed by atoms with Crippen molar-refractivity contribution in [2.75, 3.05) is 6.54 Å². The lowest BCUT2D eigenvalue weighted by Crippen LogP contribution is -2.54. The molecule has 0 fully saturated rings. The molecule has 0 saturated heterocycles. The van der Waals surface area contributed by atoms with Gasteiger partial charge in [-0.25, -0.2) is 13.1 Å². The van der Waals surface area contributed by atoms with Crippen molar-refractivity contribution in [1.82, 2.24) is 4.72 Å². The van der Waals surface area contributed by atoms with Gasteiger partial charge in [0.25, 0.3) is 0 Å². The molecule has 4 nitrogen and oxygen atoms in total. The van der Waals surface area contributed by atoms with Crippen molar-refractivity contribution < 1.29 is 8.42 Å². The van der Waals surface area contributed by atoms with Crippen molar-refractivity contribution >= 4 is 33.2 Å². The molecule has 1 unspecified atom stereocenters. The second kappa shape index (κ2) is 5.97. The van der Waals surface area contributed by atoms with E-state index in [1.165, 1.54) is 12.1 Å². The lowest BCUT2D eigenvalue weighted by molar-refractivity contribution is 0.315. The summed E-state index contributed by atoms with van der Waals surface area (Å²) in [5, 5.41) is 0.172. The molecule has 3 N–H and O–H groups in total. The number of halogens is 2. The van der Waals surface area contributed by atoms with Gasteiger partial charge in [0.15, 0.2) is 0 Å². The molecule has 1 aromatic carbocycles. The monoisotopic (exact) mass is 324 g/mol. The van der Waals surface area contributed by atoms with Crippen molar-refractivity contribution in [3.05, 3.63) is 28.2 Å². The second-order valence-corrected chi connectivity index (χ2v) is 7.37. The largest absolute Gasteiger partial charge is 0.329 e. The lowest BCUT2D eigenvalue weighted by atomic mass is 9.90. The first-order chi connectivity index (χ1) is 8.64. The third kappa shape index (κ3) is 3.61. The van der Waals surface area contributed by atoms with Crippen LogP contribution in [0.4, 0.5) is 0 Å². The standard InChI is InChI=1S/C12H18Cl2N2O2S/c1-8(2)12(3,7-15)16-19(17,18)11-9(13)5-4-6-10(11)14/h4-6,8,16H,7,15H2,1-3H3. The molecule has 1 rings (SSSR count). The summed E-state index contributed by atoms with van der Waals surface area (Å²) >= 11 is 11.9. The molecule has 0 aliphatic rings. The molecular weight excluding hydrogens is 307 g/mol. The molecule has 0 aliphatic carbocycles. The van der Waals surface area contributed by atoms with Crippen molar-refractivity contribution in [3.8, 4) is 0 Å². The Kier molecular flexibility index (Phi) is 5.26. The molecule has 0 spiro atoms. The zero-order valence-corrected chi connectivity index (χ0v) is 13.4. The average Bonchev–Trinajstić information content (AvgIpc) is 2.27. The molecule has 0 heterocycles. The molecule has 0 saturated carbocycles. The van der Waals surface area contributed by atoms with E-state index in [-0.39, 0.29) is 27.4 Å². The zero-order valence-electron chi connectivity index (χ0n) is 11.1. The van der Waals surface area contributed by atoms with Gasteiger partial charge in [0.1, 0.15) is 4.90 Å². The van der Waals surface area contributed by atoms with Crippen LogP contribution in [0.15, 0.2) is 23.1 Å². The maximum Gasteiger partial charge on any atom is 0.244 e. The van der Waals surface area contributed by atoms with E-state index in [1.54, 1.807) is 13.0 Å². The number of benzene rings is 1. The smallest absolute Gasteiger partial charge is 0.244 e. The summed E-state index contributed by atoms with van der Waals surface area (Å²) in [6, 6.07) is 4.56. The molecule has 0 aromatic heterocycles. The highest BCUT2D eigenvalue weighted by Crippen LogP contribution is 2.30. The predicted molar refractivity (Wildman–Crippen MR) is 79.1 cm³/mol. The van der Waals surface area contributed by atoms with E-state index >= 15 is 0 Å². The molecule has 0 amide bonds. The van der Waals surface area contributed by atoms with Crippen molar-refractivity contribution in [2.45, 2.75) is 31.2 Å². The fourth-order valence-corrected chi connectivity index (χ4v) is 4.18. The summed E-state index contributed by atoms with van der Waals surface area (Å²) in [5.41, 5.74) is 4.91. The summed E-state index contributed by atoms with van der Waals surface area (Å²) < 4.78 is 27.4. The van der Waals surface area contributed by atoms with E-state index in [4.69, 9.17) is 28.9 Å². The SMILES string of the molecule is CC(C)C(C)(CN)NS(=O)(=O)c1c(Cl)cccc1Cl. The maximum absolute atomic E-state index is 12.4. The molecule has 108 valence electrons. The van der Waals surface area contributed by atoms with E-state index < -0.39 is 15.6 Å². The summed E-state index contributed by atoms with van der Waals surface area (Å²) in [5.74, 6) is 0.0218. The fraction of sp³-hybridized carbons (Fsp3) is 0.500. The Morgan fingerprint density at radius 2 is 1.79 bits per heavy atom. The van der Waals surface area contributed by atoms with Crippen LogP contribution in [0.2, 0.25) is 10.0 Å². The minimum absolute atomic E-state index is 0.0218. The molecule has 7 heteroatoms. The third-order valence-corrected chi connectivity index (χ3v) is 5.82. The Hall–Kier alpha value is -0.330. The summed E-state index contributed by atoms with van der Waals surface area (Å²) in [4.78, 5) is -0.112. The Bertz CT molecular complexity index is 541. The lowest BCUT2D eigenvalue weighted by Gasteiger charge is -2.33. The van der Waals surface area contributed by atoms with Gasteiger partial charge in [0.05, 0.1) is 10.0 Å². The van der Waals surface area contributed by atoms with Gasteiger partial charge in [-0.3, -0.25) is 0 Å². The summed E-state index contributed by atoms with van der Waals surface area (Å²) in [6.45, 7) is 5.71. The Morgan fingerprint density at radius 1 is 1.32 bits per heavy atom. The van der Waals surface area contributed by atoms with Crippen LogP contribution >= 0.6 is 23.2 Å². The van der Waals surface area contributed by atoms with Crippen molar-refractivity contribution in [1.29, 1.82) is 0 Å². The number of rotatable bonds is 5. The predicted octanol–water partition coefficient (Wildman–Crippen LogP) is 2.65. The molecular formula is C12H18Cl2N2O2S. The van der Waals surface area contributed by atoms with Crippen LogP contribution in [0.1, 0.15) is 20.8 Å². The number of nitrogens with one attached hydrogen (secondary N) is 1. The molecule has 0 bridgehead atoms. The van der Waals surface area contributed by atoms with E-state index in [2.05, 4.69) is 4.72 Å². The van der Waals surface area contributed by atoms with Gasteiger partial charge in [-0.2, -0.15) is 0 Å². The van der Waals surface area contributed by atoms with Crippen LogP contribution in [0.5, 0.6) is 0 Å². The van der Waals surface area contributed by atoms with Crippen molar-refractivity contribution in [2.24, 2.45) is 11.7 Å². The van der Waals surface area contributed by atoms with Gasteiger partial charge in [-0.05, 0) is 25.0 Å². The molecule has 0 aliphatic heterocycles. The Balaban J connectivity index is 3.26. The minimum atomic E-state index is -3.83. The van der Waals surface area contributed by atoms with Crippen LogP contribution in [0.25, 0.3) is 0 Å². The molecule has 0 radical (unpaired) electrons. The van der Waals surface area contributed by atoms with Crippen LogP contribution in [-0.2, 0) is 10.0 Å². The summed E-state index contributed by atoms with van der Waals surface area (Å²) in [6.07, 6.45) is 0. The number of sulfonamides is 1. The third-order valence-electron chi connectivity index (χ3n) is 3.25. The molecule has 1 atom stereocenters. The van der Waals surface area contributed by atoms with Gasteiger partial charge in [-0.15, -0.1) is 0 Å². The number of hydrogen-bond acceptors (Lipinski definition) is 3. The van der Waals surface area contributed by atoms with Crippen molar-refractivity contribution in [3.63, 3.8) is 0 Å². The zero-order chi connectivity index (χ0) is 14.8. The maximum atomic E-state index is 12.4. The van der Waals surface area contributed by atoms with E-state index in [1.807, 2.05) is 13.8 Å². The number of hydrogen-bond donors (Lipinski definition) is 2. The van der Waals surface area contributed by atoms with Crippen LogP contribution in [-0.4, -0.2) is 20.5 Å². The second-order valence-electron chi connectivity index (χ2n) is 4.93. The highest BCUT2D eigenvalue weighted by Gasteiger charge is 2.34. The summed E-state index contributed by atoms with van der Waals surface area (Å²) in [7, 11) is -3.83. The Morgan fingerprint density at radius 3 is 2.16 bits per heavy atom. The fourth-order valence-electron chi connectivity index (χ4n) is 1.49. The molecule has 1 aromatic rings. The van der Waals surface area contributed by atoms with Gasteiger partial charge in [0.2, 0.25) is 10.0 Å². The highest BCUT2D eigenvalue weighted by molar-refractivity contribution is 7.89. The Labute approximate surface area is 124 Å². The van der Waals surface area contributed by atoms with Crippen LogP contribution in [0, 0.1) is 5.92 Å². The topological polar surface area (TPSA) is 72.2 Å². The first-order valence-corrected chi connectivity index (χ1v) is 8.06. The van der Waals surface area contributed by atoms with E-state index in [9.17, 15) is 8.42 Å². The minimum Gasteiger partial charge on any atom is -0.329 e. The normalized spacial score (nSPS) is 15.5. The number of nitrogens with two attached hydrogens (primary N) is 1. The van der Waals surface area contributed by atoms with Crippen LogP contribution < -0.4 is 10.5 Å². The molecule has 19 heavy (non-hydrogen) atoms. The van der Waals surface area contributed by atoms with Gasteiger partial charge in [0, 0.05) is 12.1 Å². The van der Waals surface area contributed by atoms with Crippen LogP contribution in [0.3, 0.4) is 0 Å². The van der Waals surface area contributed by atoms with E-state index in [0.717, 1.165) is 0 Å². The average molecular weight is 325 g/mol. The highest BCUT2D eigenvalue weighted by atomic mass is 35.5. The van der Waals surface area contributed by atoms with Gasteiger partial charge in [-0.1, -0.05) is 43.1 Å². The van der Waals surface area contributed by atoms with E-state index in [0.29, 0.717) is 0 Å². The van der Waals surface area contributed by atoms with Gasteiger partial charge < -0.3 is 5.73 Å². The van der Waals surface area contributed by atoms with Gasteiger partial charge >= 0.3 is 0 Å². The first-order valence-electron chi connectivity index (χ1n) is 5.82. The quantitative estimate of drug-likeness (QED) is 0.874.